The molecule has 1 aliphatic heterocycles. The highest BCUT2D eigenvalue weighted by Crippen LogP contribution is 2.33. The number of rotatable bonds is 3. The molecular formula is C23H20F3N7O2. The highest BCUT2D eigenvalue weighted by Gasteiger charge is 2.32. The standard InChI is InChI=1S/C23H20F3N7O2/c1-12-29-19-18(14-4-5-17(27-9-14)23(24,25)26)30-21(31-20(19)22(34)33(12)3)13-6-7-35-16(8-13)15-10-28-32(2)11-15/h4-5,8-11,16H,6-7H2,1-3H3. The Bertz CT molecular complexity index is 1520. The summed E-state index contributed by atoms with van der Waals surface area (Å²) < 4.78 is 48.0. The number of alkyl halides is 3. The van der Waals surface area contributed by atoms with Gasteiger partial charge in [-0.25, -0.2) is 15.0 Å². The lowest BCUT2D eigenvalue weighted by Crippen LogP contribution is -2.23. The number of halogens is 3. The Kier molecular flexibility index (Phi) is 5.47. The van der Waals surface area contributed by atoms with E-state index in [0.29, 0.717) is 24.4 Å². The summed E-state index contributed by atoms with van der Waals surface area (Å²) in [5, 5.41) is 4.17. The zero-order valence-corrected chi connectivity index (χ0v) is 19.0. The topological polar surface area (TPSA) is 101 Å². The van der Waals surface area contributed by atoms with Crippen LogP contribution in [-0.4, -0.2) is 40.9 Å². The van der Waals surface area contributed by atoms with Crippen LogP contribution >= 0.6 is 0 Å². The molecule has 0 radical (unpaired) electrons. The molecule has 4 aromatic heterocycles. The van der Waals surface area contributed by atoms with Gasteiger partial charge in [0.1, 0.15) is 28.8 Å². The van der Waals surface area contributed by atoms with Crippen LogP contribution in [0.4, 0.5) is 13.2 Å². The predicted octanol–water partition coefficient (Wildman–Crippen LogP) is 3.39. The molecular weight excluding hydrogens is 463 g/mol. The third kappa shape index (κ3) is 4.20. The molecule has 0 saturated carbocycles. The van der Waals surface area contributed by atoms with Crippen LogP contribution in [0.2, 0.25) is 0 Å². The fourth-order valence-corrected chi connectivity index (χ4v) is 3.87. The van der Waals surface area contributed by atoms with E-state index in [1.807, 2.05) is 12.3 Å². The summed E-state index contributed by atoms with van der Waals surface area (Å²) in [5.74, 6) is 0.703. The van der Waals surface area contributed by atoms with E-state index in [0.717, 1.165) is 23.4 Å². The maximum absolute atomic E-state index is 13.1. The number of aryl methyl sites for hydroxylation is 2. The average molecular weight is 483 g/mol. The Morgan fingerprint density at radius 3 is 2.54 bits per heavy atom. The highest BCUT2D eigenvalue weighted by molar-refractivity contribution is 5.89. The maximum atomic E-state index is 13.1. The molecule has 0 aliphatic carbocycles. The summed E-state index contributed by atoms with van der Waals surface area (Å²) in [6, 6.07) is 2.15. The van der Waals surface area contributed by atoms with Gasteiger partial charge in [0.25, 0.3) is 5.56 Å². The van der Waals surface area contributed by atoms with Gasteiger partial charge in [0.2, 0.25) is 0 Å². The molecule has 1 aliphatic rings. The van der Waals surface area contributed by atoms with Crippen molar-refractivity contribution in [3.63, 3.8) is 0 Å². The summed E-state index contributed by atoms with van der Waals surface area (Å²) in [6.07, 6.45) is 2.03. The number of hydrogen-bond donors (Lipinski definition) is 0. The average Bonchev–Trinajstić information content (AvgIpc) is 3.28. The first-order chi connectivity index (χ1) is 16.6. The van der Waals surface area contributed by atoms with Gasteiger partial charge in [-0.2, -0.15) is 18.3 Å². The molecule has 1 unspecified atom stereocenters. The van der Waals surface area contributed by atoms with E-state index < -0.39 is 11.9 Å². The Balaban J connectivity index is 1.70. The lowest BCUT2D eigenvalue weighted by molar-refractivity contribution is -0.141. The van der Waals surface area contributed by atoms with Crippen molar-refractivity contribution < 1.29 is 17.9 Å². The van der Waals surface area contributed by atoms with Gasteiger partial charge in [0, 0.05) is 37.6 Å². The Morgan fingerprint density at radius 1 is 1.09 bits per heavy atom. The number of hydrogen-bond acceptors (Lipinski definition) is 7. The Labute approximate surface area is 197 Å². The first kappa shape index (κ1) is 22.8. The molecule has 5 heterocycles. The third-order valence-corrected chi connectivity index (χ3v) is 5.84. The molecule has 0 saturated heterocycles. The molecule has 0 N–H and O–H groups in total. The highest BCUT2D eigenvalue weighted by atomic mass is 19.4. The van der Waals surface area contributed by atoms with Crippen molar-refractivity contribution in [1.82, 2.24) is 34.3 Å². The van der Waals surface area contributed by atoms with Gasteiger partial charge in [-0.05, 0) is 37.1 Å². The smallest absolute Gasteiger partial charge is 0.369 e. The molecule has 1 atom stereocenters. The van der Waals surface area contributed by atoms with Crippen LogP contribution in [-0.2, 0) is 25.0 Å². The number of nitrogens with zero attached hydrogens (tertiary/aromatic N) is 7. The first-order valence-corrected chi connectivity index (χ1v) is 10.7. The van der Waals surface area contributed by atoms with E-state index >= 15 is 0 Å². The van der Waals surface area contributed by atoms with Gasteiger partial charge in [-0.1, -0.05) is 0 Å². The molecule has 35 heavy (non-hydrogen) atoms. The van der Waals surface area contributed by atoms with E-state index in [9.17, 15) is 18.0 Å². The quantitative estimate of drug-likeness (QED) is 0.440. The minimum Gasteiger partial charge on any atom is -0.369 e. The summed E-state index contributed by atoms with van der Waals surface area (Å²) in [6.45, 7) is 2.05. The molecule has 4 aromatic rings. The molecule has 9 nitrogen and oxygen atoms in total. The zero-order valence-electron chi connectivity index (χ0n) is 19.0. The van der Waals surface area contributed by atoms with Crippen LogP contribution in [0.5, 0.6) is 0 Å². The fraction of sp³-hybridized carbons (Fsp3) is 0.304. The van der Waals surface area contributed by atoms with Gasteiger partial charge in [-0.3, -0.25) is 19.0 Å². The van der Waals surface area contributed by atoms with Crippen LogP contribution in [0, 0.1) is 6.92 Å². The third-order valence-electron chi connectivity index (χ3n) is 5.84. The van der Waals surface area contributed by atoms with Crippen molar-refractivity contribution in [1.29, 1.82) is 0 Å². The molecule has 0 bridgehead atoms. The van der Waals surface area contributed by atoms with Gasteiger partial charge in [-0.15, -0.1) is 0 Å². The van der Waals surface area contributed by atoms with Crippen LogP contribution in [0.1, 0.15) is 35.4 Å². The Morgan fingerprint density at radius 2 is 1.89 bits per heavy atom. The maximum Gasteiger partial charge on any atom is 0.433 e. The minimum absolute atomic E-state index is 0.0725. The van der Waals surface area contributed by atoms with Gasteiger partial charge in [0.15, 0.2) is 11.3 Å². The SMILES string of the molecule is Cc1nc2c(-c3ccc(C(F)(F)F)nc3)nc(C3=CC(c4cnn(C)c4)OCC3)nc2c(=O)n1C. The van der Waals surface area contributed by atoms with E-state index in [-0.39, 0.29) is 34.2 Å². The van der Waals surface area contributed by atoms with E-state index in [1.165, 1.54) is 10.6 Å². The predicted molar refractivity (Wildman–Crippen MR) is 120 cm³/mol. The molecule has 0 aromatic carbocycles. The van der Waals surface area contributed by atoms with Crippen LogP contribution < -0.4 is 5.56 Å². The molecule has 180 valence electrons. The van der Waals surface area contributed by atoms with E-state index in [2.05, 4.69) is 25.0 Å². The fourth-order valence-electron chi connectivity index (χ4n) is 3.87. The van der Waals surface area contributed by atoms with Crippen LogP contribution in [0.15, 0.2) is 41.6 Å². The normalized spacial score (nSPS) is 16.5. The summed E-state index contributed by atoms with van der Waals surface area (Å²) in [7, 11) is 3.38. The van der Waals surface area contributed by atoms with Crippen molar-refractivity contribution in [2.75, 3.05) is 6.61 Å². The van der Waals surface area contributed by atoms with Gasteiger partial charge < -0.3 is 4.74 Å². The Hall–Kier alpha value is -3.93. The number of fused-ring (bicyclic) bond motifs is 1. The monoisotopic (exact) mass is 483 g/mol. The lowest BCUT2D eigenvalue weighted by atomic mass is 10.0. The number of ether oxygens (including phenoxy) is 1. The van der Waals surface area contributed by atoms with Crippen molar-refractivity contribution in [2.24, 2.45) is 14.1 Å². The van der Waals surface area contributed by atoms with Crippen LogP contribution in [0.25, 0.3) is 27.9 Å². The zero-order chi connectivity index (χ0) is 24.9. The van der Waals surface area contributed by atoms with Gasteiger partial charge in [0.05, 0.1) is 12.8 Å². The number of aromatic nitrogens is 7. The first-order valence-electron chi connectivity index (χ1n) is 10.7. The second-order valence-corrected chi connectivity index (χ2v) is 8.23. The minimum atomic E-state index is -4.57. The summed E-state index contributed by atoms with van der Waals surface area (Å²) >= 11 is 0. The second-order valence-electron chi connectivity index (χ2n) is 8.23. The van der Waals surface area contributed by atoms with Gasteiger partial charge >= 0.3 is 6.18 Å². The van der Waals surface area contributed by atoms with E-state index in [4.69, 9.17) is 4.74 Å². The van der Waals surface area contributed by atoms with E-state index in [1.54, 1.807) is 31.9 Å². The largest absolute Gasteiger partial charge is 0.433 e. The molecule has 0 spiro atoms. The molecule has 0 amide bonds. The van der Waals surface area contributed by atoms with Crippen molar-refractivity contribution >= 4 is 16.6 Å². The molecule has 5 rings (SSSR count). The van der Waals surface area contributed by atoms with Crippen molar-refractivity contribution in [3.05, 3.63) is 70.1 Å². The lowest BCUT2D eigenvalue weighted by Gasteiger charge is -2.21. The summed E-state index contributed by atoms with van der Waals surface area (Å²) in [4.78, 5) is 30.2. The summed E-state index contributed by atoms with van der Waals surface area (Å²) in [5.41, 5.74) is 0.998. The van der Waals surface area contributed by atoms with Crippen molar-refractivity contribution in [3.8, 4) is 11.3 Å². The van der Waals surface area contributed by atoms with Crippen molar-refractivity contribution in [2.45, 2.75) is 25.6 Å². The number of pyridine rings is 1. The molecule has 12 heteroatoms. The van der Waals surface area contributed by atoms with Crippen LogP contribution in [0.3, 0.4) is 0 Å². The second kappa shape index (κ2) is 8.38. The molecule has 0 fully saturated rings.